The van der Waals surface area contributed by atoms with Crippen molar-refractivity contribution in [3.05, 3.63) is 101 Å². The van der Waals surface area contributed by atoms with Crippen molar-refractivity contribution in [1.29, 1.82) is 0 Å². The third kappa shape index (κ3) is 3.71. The summed E-state index contributed by atoms with van der Waals surface area (Å²) in [5, 5.41) is 4.29. The lowest BCUT2D eigenvalue weighted by molar-refractivity contribution is 0.174. The Bertz CT molecular complexity index is 1460. The minimum Gasteiger partial charge on any atom is -0.454 e. The molecular formula is C29H28N4O2S. The van der Waals surface area contributed by atoms with Crippen LogP contribution in [0.4, 0.5) is 5.69 Å². The van der Waals surface area contributed by atoms with Crippen molar-refractivity contribution in [2.24, 2.45) is 0 Å². The maximum absolute atomic E-state index is 5.94. The van der Waals surface area contributed by atoms with Crippen LogP contribution in [0.5, 0.6) is 11.5 Å². The average molecular weight is 497 g/mol. The molecule has 1 saturated heterocycles. The molecule has 7 heteroatoms. The molecule has 2 aliphatic heterocycles. The number of nitrogens with zero attached hydrogens (tertiary/aromatic N) is 3. The SMILES string of the molecule is Cc1cc(C)cc(N2C(=S)NC(c3ccccn3)C2c2cc(C)n(-c3ccc4c(c3)OCO4)c2C)c1. The van der Waals surface area contributed by atoms with E-state index in [2.05, 4.69) is 78.9 Å². The van der Waals surface area contributed by atoms with Crippen LogP contribution in [0.2, 0.25) is 0 Å². The minimum atomic E-state index is -0.0924. The molecule has 4 heterocycles. The van der Waals surface area contributed by atoms with Gasteiger partial charge in [0.2, 0.25) is 6.79 Å². The summed E-state index contributed by atoms with van der Waals surface area (Å²) < 4.78 is 13.5. The van der Waals surface area contributed by atoms with Crippen molar-refractivity contribution in [1.82, 2.24) is 14.9 Å². The van der Waals surface area contributed by atoms with Crippen LogP contribution >= 0.6 is 12.2 Å². The maximum atomic E-state index is 5.94. The lowest BCUT2D eigenvalue weighted by Crippen LogP contribution is -2.29. The summed E-state index contributed by atoms with van der Waals surface area (Å²) in [6.45, 7) is 8.82. The number of anilines is 1. The van der Waals surface area contributed by atoms with Crippen molar-refractivity contribution in [2.45, 2.75) is 39.8 Å². The van der Waals surface area contributed by atoms with E-state index in [4.69, 9.17) is 26.7 Å². The normalized spacial score (nSPS) is 18.6. The second kappa shape index (κ2) is 8.68. The maximum Gasteiger partial charge on any atom is 0.231 e. The van der Waals surface area contributed by atoms with Gasteiger partial charge in [0, 0.05) is 35.0 Å². The predicted molar refractivity (Wildman–Crippen MR) is 145 cm³/mol. The van der Waals surface area contributed by atoms with Crippen molar-refractivity contribution in [2.75, 3.05) is 11.7 Å². The Morgan fingerprint density at radius 2 is 1.67 bits per heavy atom. The number of nitrogens with one attached hydrogen (secondary N) is 1. The van der Waals surface area contributed by atoms with Gasteiger partial charge in [-0.1, -0.05) is 12.1 Å². The lowest BCUT2D eigenvalue weighted by Gasteiger charge is -2.29. The van der Waals surface area contributed by atoms with Gasteiger partial charge in [0.05, 0.1) is 17.8 Å². The fourth-order valence-electron chi connectivity index (χ4n) is 5.55. The van der Waals surface area contributed by atoms with Crippen LogP contribution < -0.4 is 19.7 Å². The molecule has 0 bridgehead atoms. The van der Waals surface area contributed by atoms with Gasteiger partial charge in [-0.25, -0.2) is 0 Å². The topological polar surface area (TPSA) is 51.6 Å². The molecule has 6 nitrogen and oxygen atoms in total. The number of ether oxygens (including phenoxy) is 2. The second-order valence-corrected chi connectivity index (χ2v) is 9.93. The number of hydrogen-bond acceptors (Lipinski definition) is 4. The van der Waals surface area contributed by atoms with Crippen LogP contribution in [0, 0.1) is 27.7 Å². The predicted octanol–water partition coefficient (Wildman–Crippen LogP) is 6.01. The zero-order valence-electron chi connectivity index (χ0n) is 20.8. The molecule has 0 amide bonds. The van der Waals surface area contributed by atoms with Gasteiger partial charge >= 0.3 is 0 Å². The molecule has 36 heavy (non-hydrogen) atoms. The molecule has 0 spiro atoms. The fourth-order valence-corrected chi connectivity index (χ4v) is 5.89. The molecule has 2 aromatic heterocycles. The Hall–Kier alpha value is -3.84. The second-order valence-electron chi connectivity index (χ2n) is 9.54. The third-order valence-electron chi connectivity index (χ3n) is 6.99. The molecule has 4 aromatic rings. The van der Waals surface area contributed by atoms with Crippen LogP contribution in [-0.4, -0.2) is 21.5 Å². The first-order chi connectivity index (χ1) is 17.4. The summed E-state index contributed by atoms with van der Waals surface area (Å²) in [4.78, 5) is 6.95. The molecule has 0 saturated carbocycles. The van der Waals surface area contributed by atoms with Crippen molar-refractivity contribution in [3.63, 3.8) is 0 Å². The van der Waals surface area contributed by atoms with Gasteiger partial charge < -0.3 is 24.3 Å². The summed E-state index contributed by atoms with van der Waals surface area (Å²) in [5.41, 5.74) is 8.99. The van der Waals surface area contributed by atoms with E-state index in [9.17, 15) is 0 Å². The Balaban J connectivity index is 1.51. The quantitative estimate of drug-likeness (QED) is 0.349. The summed E-state index contributed by atoms with van der Waals surface area (Å²) in [6.07, 6.45) is 1.84. The van der Waals surface area contributed by atoms with Gasteiger partial charge in [-0.3, -0.25) is 4.98 Å². The monoisotopic (exact) mass is 496 g/mol. The van der Waals surface area contributed by atoms with Gasteiger partial charge in [0.1, 0.15) is 0 Å². The van der Waals surface area contributed by atoms with E-state index in [0.717, 1.165) is 40.0 Å². The molecular weight excluding hydrogens is 468 g/mol. The Morgan fingerprint density at radius 3 is 2.42 bits per heavy atom. The zero-order chi connectivity index (χ0) is 25.0. The van der Waals surface area contributed by atoms with Gasteiger partial charge in [-0.15, -0.1) is 0 Å². The van der Waals surface area contributed by atoms with Crippen LogP contribution in [-0.2, 0) is 0 Å². The van der Waals surface area contributed by atoms with E-state index in [0.29, 0.717) is 5.11 Å². The molecule has 2 aliphatic rings. The number of thiocarbonyl (C=S) groups is 1. The van der Waals surface area contributed by atoms with Gasteiger partial charge in [0.25, 0.3) is 0 Å². The molecule has 1 N–H and O–H groups in total. The molecule has 0 aliphatic carbocycles. The number of aromatic nitrogens is 2. The molecule has 1 fully saturated rings. The van der Waals surface area contributed by atoms with E-state index in [1.165, 1.54) is 16.7 Å². The van der Waals surface area contributed by atoms with Crippen LogP contribution in [0.15, 0.2) is 66.9 Å². The number of rotatable bonds is 4. The highest BCUT2D eigenvalue weighted by Crippen LogP contribution is 2.44. The number of hydrogen-bond donors (Lipinski definition) is 1. The molecule has 0 radical (unpaired) electrons. The largest absolute Gasteiger partial charge is 0.454 e. The first-order valence-electron chi connectivity index (χ1n) is 12.1. The molecule has 6 rings (SSSR count). The number of benzene rings is 2. The highest BCUT2D eigenvalue weighted by molar-refractivity contribution is 7.80. The number of pyridine rings is 1. The van der Waals surface area contributed by atoms with E-state index in [1.807, 2.05) is 30.5 Å². The summed E-state index contributed by atoms with van der Waals surface area (Å²) in [6, 6.07) is 20.8. The average Bonchev–Trinajstić information content (AvgIpc) is 3.53. The number of fused-ring (bicyclic) bond motifs is 1. The van der Waals surface area contributed by atoms with Gasteiger partial charge in [-0.2, -0.15) is 0 Å². The molecule has 2 aromatic carbocycles. The summed E-state index contributed by atoms with van der Waals surface area (Å²) in [7, 11) is 0. The summed E-state index contributed by atoms with van der Waals surface area (Å²) in [5.74, 6) is 1.55. The van der Waals surface area contributed by atoms with Crippen LogP contribution in [0.25, 0.3) is 5.69 Å². The van der Waals surface area contributed by atoms with Crippen molar-refractivity contribution >= 4 is 23.0 Å². The van der Waals surface area contributed by atoms with Gasteiger partial charge in [0.15, 0.2) is 16.6 Å². The Morgan fingerprint density at radius 1 is 0.889 bits per heavy atom. The standard InChI is InChI=1S/C29H28N4O2S/c1-17-11-18(2)13-22(12-17)33-28(27(31-29(33)36)24-7-5-6-10-30-24)23-14-19(3)32(20(23)4)21-8-9-25-26(15-21)35-16-34-25/h5-15,27-28H,16H2,1-4H3,(H,31,36). The number of aryl methyl sites for hydroxylation is 3. The lowest BCUT2D eigenvalue weighted by atomic mass is 9.96. The first-order valence-corrected chi connectivity index (χ1v) is 12.5. The molecule has 2 atom stereocenters. The minimum absolute atomic E-state index is 0.0671. The fraction of sp³-hybridized carbons (Fsp3) is 0.241. The molecule has 182 valence electrons. The van der Waals surface area contributed by atoms with Crippen molar-refractivity contribution < 1.29 is 9.47 Å². The Labute approximate surface area is 216 Å². The third-order valence-corrected chi connectivity index (χ3v) is 7.30. The highest BCUT2D eigenvalue weighted by Gasteiger charge is 2.42. The van der Waals surface area contributed by atoms with E-state index >= 15 is 0 Å². The molecule has 2 unspecified atom stereocenters. The Kier molecular flexibility index (Phi) is 5.45. The zero-order valence-corrected chi connectivity index (χ0v) is 21.6. The van der Waals surface area contributed by atoms with E-state index < -0.39 is 0 Å². The van der Waals surface area contributed by atoms with E-state index in [-0.39, 0.29) is 18.9 Å². The summed E-state index contributed by atoms with van der Waals surface area (Å²) >= 11 is 5.94. The van der Waals surface area contributed by atoms with E-state index in [1.54, 1.807) is 0 Å². The van der Waals surface area contributed by atoms with Gasteiger partial charge in [-0.05, 0) is 99.1 Å². The van der Waals surface area contributed by atoms with Crippen molar-refractivity contribution in [3.8, 4) is 17.2 Å². The first kappa shape index (κ1) is 22.6. The smallest absolute Gasteiger partial charge is 0.231 e. The van der Waals surface area contributed by atoms with Crippen LogP contribution in [0.1, 0.15) is 45.9 Å². The highest BCUT2D eigenvalue weighted by atomic mass is 32.1. The van der Waals surface area contributed by atoms with Crippen LogP contribution in [0.3, 0.4) is 0 Å².